The monoisotopic (exact) mass is 816 g/mol. The van der Waals surface area contributed by atoms with Crippen LogP contribution in [-0.2, 0) is 5.41 Å². The van der Waals surface area contributed by atoms with Gasteiger partial charge in [0.05, 0.1) is 11.0 Å². The van der Waals surface area contributed by atoms with Crippen LogP contribution in [0.3, 0.4) is 0 Å². The summed E-state index contributed by atoms with van der Waals surface area (Å²) in [5.41, 5.74) is 20.0. The lowest BCUT2D eigenvalue weighted by atomic mass is 9.81. The van der Waals surface area contributed by atoms with Crippen molar-refractivity contribution in [3.63, 3.8) is 0 Å². The predicted molar refractivity (Wildman–Crippen MR) is 257 cm³/mol. The summed E-state index contributed by atoms with van der Waals surface area (Å²) in [6, 6.07) is 55.2. The highest BCUT2D eigenvalue weighted by atomic mass is 15.5. The van der Waals surface area contributed by atoms with Crippen molar-refractivity contribution < 1.29 is 0 Å². The number of aryl methyl sites for hydroxylation is 2. The van der Waals surface area contributed by atoms with Crippen molar-refractivity contribution in [2.45, 2.75) is 64.7 Å². The van der Waals surface area contributed by atoms with E-state index in [0.29, 0.717) is 0 Å². The highest BCUT2D eigenvalue weighted by Crippen LogP contribution is 2.80. The molecule has 0 N–H and O–H groups in total. The SMILES string of the molecule is Cc1ccccc1C1=CC2=C(CC1)N1C=CN(c3ccc(-c4ccccc4C)cc3)C1C/C2=C1/C2(C)c3ccccc3N3c4nc5ccccc5nc4N(c4ccccc4)C3C12C. The lowest BCUT2D eigenvalue weighted by Crippen LogP contribution is -2.50. The van der Waals surface area contributed by atoms with E-state index in [2.05, 4.69) is 217 Å². The van der Waals surface area contributed by atoms with Crippen LogP contribution in [-0.4, -0.2) is 27.2 Å². The Bertz CT molecular complexity index is 3200. The summed E-state index contributed by atoms with van der Waals surface area (Å²) < 4.78 is 0. The van der Waals surface area contributed by atoms with Crippen molar-refractivity contribution in [2.75, 3.05) is 14.7 Å². The standard InChI is InChI=1S/C57H48N6/c1-36-16-8-10-20-42(36)38-26-29-40(30-27-38)60-32-33-61-49-31-28-39(43-21-11-9-17-37(43)2)34-44(49)45(35-51(60)61)52-56(3)46-22-12-15-25-50(46)63-54-53(58-47-23-13-14-24-48(47)59-54)62(55(63)57(52,56)4)41-18-6-5-7-19-41/h5-27,29-30,32-34,51,55H,28,31,35H2,1-4H3/b52-45+. The molecule has 4 unspecified atom stereocenters. The second kappa shape index (κ2) is 13.2. The Hall–Kier alpha value is -7.18. The van der Waals surface area contributed by atoms with Crippen LogP contribution in [0.15, 0.2) is 193 Å². The first-order valence-corrected chi connectivity index (χ1v) is 22.5. The zero-order chi connectivity index (χ0) is 42.2. The fraction of sp³-hybridized carbons (Fsp3) is 0.193. The maximum atomic E-state index is 5.46. The Morgan fingerprint density at radius 2 is 1.19 bits per heavy atom. The van der Waals surface area contributed by atoms with Crippen LogP contribution in [0.25, 0.3) is 27.7 Å². The van der Waals surface area contributed by atoms with Crippen LogP contribution in [0.2, 0.25) is 0 Å². The molecule has 306 valence electrons. The van der Waals surface area contributed by atoms with Gasteiger partial charge in [0.2, 0.25) is 0 Å². The van der Waals surface area contributed by atoms with Gasteiger partial charge in [-0.1, -0.05) is 123 Å². The fourth-order valence-electron chi connectivity index (χ4n) is 12.3. The van der Waals surface area contributed by atoms with E-state index in [1.807, 2.05) is 0 Å². The molecule has 6 aliphatic rings. The third-order valence-electron chi connectivity index (χ3n) is 15.5. The minimum atomic E-state index is -0.304. The number of fused-ring (bicyclic) bond motifs is 11. The van der Waals surface area contributed by atoms with Gasteiger partial charge in [-0.15, -0.1) is 0 Å². The van der Waals surface area contributed by atoms with Gasteiger partial charge in [0.25, 0.3) is 0 Å². The lowest BCUT2D eigenvalue weighted by Gasteiger charge is -2.43. The van der Waals surface area contributed by atoms with E-state index < -0.39 is 0 Å². The third kappa shape index (κ3) is 4.95. The van der Waals surface area contributed by atoms with Gasteiger partial charge in [0, 0.05) is 52.4 Å². The molecule has 2 aliphatic carbocycles. The molecule has 5 heterocycles. The highest BCUT2D eigenvalue weighted by Gasteiger charge is 2.78. The normalized spacial score (nSPS) is 25.0. The van der Waals surface area contributed by atoms with Gasteiger partial charge < -0.3 is 19.6 Å². The molecule has 6 aromatic carbocycles. The van der Waals surface area contributed by atoms with Crippen molar-refractivity contribution in [3.8, 4) is 11.1 Å². The van der Waals surface area contributed by atoms with Gasteiger partial charge in [0.1, 0.15) is 12.3 Å². The van der Waals surface area contributed by atoms with Gasteiger partial charge in [-0.05, 0) is 131 Å². The number of aromatic nitrogens is 2. The smallest absolute Gasteiger partial charge is 0.179 e. The number of hydrogen-bond acceptors (Lipinski definition) is 6. The molecule has 13 rings (SSSR count). The van der Waals surface area contributed by atoms with Crippen molar-refractivity contribution in [1.29, 1.82) is 0 Å². The Balaban J connectivity index is 1.02. The Labute approximate surface area is 369 Å². The molecule has 0 radical (unpaired) electrons. The van der Waals surface area contributed by atoms with E-state index >= 15 is 0 Å². The molecule has 6 heteroatoms. The topological polar surface area (TPSA) is 38.7 Å². The molecular weight excluding hydrogens is 769 g/mol. The Morgan fingerprint density at radius 3 is 1.92 bits per heavy atom. The van der Waals surface area contributed by atoms with E-state index in [9.17, 15) is 0 Å². The average Bonchev–Trinajstić information content (AvgIpc) is 3.57. The van der Waals surface area contributed by atoms with Crippen LogP contribution in [0, 0.1) is 19.3 Å². The van der Waals surface area contributed by atoms with Gasteiger partial charge >= 0.3 is 0 Å². The first kappa shape index (κ1) is 36.5. The molecule has 1 fully saturated rings. The van der Waals surface area contributed by atoms with E-state index in [1.165, 1.54) is 72.7 Å². The molecule has 6 nitrogen and oxygen atoms in total. The maximum absolute atomic E-state index is 5.46. The van der Waals surface area contributed by atoms with Crippen molar-refractivity contribution >= 4 is 45.3 Å². The maximum Gasteiger partial charge on any atom is 0.179 e. The number of nitrogens with zero attached hydrogens (tertiary/aromatic N) is 6. The van der Waals surface area contributed by atoms with Crippen LogP contribution < -0.4 is 14.7 Å². The minimum absolute atomic E-state index is 0.0913. The average molecular weight is 817 g/mol. The Morgan fingerprint density at radius 1 is 0.571 bits per heavy atom. The number of allylic oxidation sites excluding steroid dienone is 4. The largest absolute Gasteiger partial charge is 0.328 e. The van der Waals surface area contributed by atoms with E-state index in [4.69, 9.17) is 9.97 Å². The summed E-state index contributed by atoms with van der Waals surface area (Å²) in [6.45, 7) is 9.53. The molecule has 1 aromatic heterocycles. The number of para-hydroxylation sites is 4. The number of benzene rings is 6. The van der Waals surface area contributed by atoms with Crippen LogP contribution in [0.4, 0.5) is 28.7 Å². The molecule has 0 saturated heterocycles. The first-order chi connectivity index (χ1) is 30.8. The van der Waals surface area contributed by atoms with Crippen molar-refractivity contribution in [3.05, 3.63) is 215 Å². The number of hydrogen-bond donors (Lipinski definition) is 0. The Kier molecular flexibility index (Phi) is 7.62. The highest BCUT2D eigenvalue weighted by molar-refractivity contribution is 5.94. The summed E-state index contributed by atoms with van der Waals surface area (Å²) in [4.78, 5) is 21.1. The molecule has 1 saturated carbocycles. The van der Waals surface area contributed by atoms with E-state index in [1.54, 1.807) is 0 Å². The molecule has 63 heavy (non-hydrogen) atoms. The third-order valence-corrected chi connectivity index (χ3v) is 15.5. The number of rotatable bonds is 4. The number of anilines is 5. The van der Waals surface area contributed by atoms with E-state index in [0.717, 1.165) is 47.6 Å². The second-order valence-corrected chi connectivity index (χ2v) is 18.5. The first-order valence-electron chi connectivity index (χ1n) is 22.5. The van der Waals surface area contributed by atoms with Crippen molar-refractivity contribution in [1.82, 2.24) is 14.9 Å². The zero-order valence-electron chi connectivity index (χ0n) is 36.1. The molecule has 0 bridgehead atoms. The summed E-state index contributed by atoms with van der Waals surface area (Å²) >= 11 is 0. The molecule has 7 aromatic rings. The molecule has 4 atom stereocenters. The summed E-state index contributed by atoms with van der Waals surface area (Å²) in [7, 11) is 0. The van der Waals surface area contributed by atoms with Gasteiger partial charge in [0.15, 0.2) is 11.6 Å². The fourth-order valence-corrected chi connectivity index (χ4v) is 12.3. The summed E-state index contributed by atoms with van der Waals surface area (Å²) in [5, 5.41) is 0. The van der Waals surface area contributed by atoms with Gasteiger partial charge in [-0.2, -0.15) is 0 Å². The molecule has 0 spiro atoms. The van der Waals surface area contributed by atoms with Crippen molar-refractivity contribution in [2.24, 2.45) is 5.41 Å². The van der Waals surface area contributed by atoms with Crippen LogP contribution >= 0.6 is 0 Å². The lowest BCUT2D eigenvalue weighted by molar-refractivity contribution is 0.334. The molecule has 0 amide bonds. The molecular formula is C57H48N6. The molecule has 4 aliphatic heterocycles. The predicted octanol–water partition coefficient (Wildman–Crippen LogP) is 13.3. The zero-order valence-corrected chi connectivity index (χ0v) is 36.1. The quantitative estimate of drug-likeness (QED) is 0.176. The van der Waals surface area contributed by atoms with Crippen LogP contribution in [0.5, 0.6) is 0 Å². The van der Waals surface area contributed by atoms with Gasteiger partial charge in [-0.3, -0.25) is 0 Å². The van der Waals surface area contributed by atoms with Gasteiger partial charge in [-0.25, -0.2) is 9.97 Å². The second-order valence-electron chi connectivity index (χ2n) is 18.5. The van der Waals surface area contributed by atoms with Crippen LogP contribution in [0.1, 0.15) is 55.4 Å². The summed E-state index contributed by atoms with van der Waals surface area (Å²) in [5.74, 6) is 1.83. The summed E-state index contributed by atoms with van der Waals surface area (Å²) in [6.07, 6.45) is 10.1. The van der Waals surface area contributed by atoms with E-state index in [-0.39, 0.29) is 23.2 Å². The minimum Gasteiger partial charge on any atom is -0.328 e.